The van der Waals surface area contributed by atoms with Gasteiger partial charge in [0.05, 0.1) is 27.2 Å². The molecule has 176 valence electrons. The van der Waals surface area contributed by atoms with Crippen LogP contribution in [0.1, 0.15) is 38.7 Å². The average Bonchev–Trinajstić information content (AvgIpc) is 3.35. The van der Waals surface area contributed by atoms with E-state index in [1.165, 1.54) is 17.4 Å². The van der Waals surface area contributed by atoms with Crippen molar-refractivity contribution in [2.45, 2.75) is 32.9 Å². The lowest BCUT2D eigenvalue weighted by atomic mass is 10.1. The largest absolute Gasteiger partial charge is 0.457 e. The lowest BCUT2D eigenvalue weighted by Gasteiger charge is -2.13. The van der Waals surface area contributed by atoms with E-state index >= 15 is 0 Å². The summed E-state index contributed by atoms with van der Waals surface area (Å²) in [6.45, 7) is 2.91. The number of fused-ring (bicyclic) bond motifs is 1. The molecule has 0 saturated carbocycles. The van der Waals surface area contributed by atoms with Gasteiger partial charge in [0.1, 0.15) is 0 Å². The van der Waals surface area contributed by atoms with Crippen molar-refractivity contribution in [3.05, 3.63) is 82.1 Å². The molecule has 0 saturated heterocycles. The van der Waals surface area contributed by atoms with E-state index in [9.17, 15) is 22.8 Å². The number of Topliss-reactive ketones (excluding diaryl/α,β-unsaturated/α-hetero) is 1. The third-order valence-electron chi connectivity index (χ3n) is 5.41. The molecule has 0 amide bonds. The summed E-state index contributed by atoms with van der Waals surface area (Å²) in [5.74, 6) is -0.932. The minimum Gasteiger partial charge on any atom is -0.457 e. The number of rotatable bonds is 7. The monoisotopic (exact) mass is 486 g/mol. The smallest absolute Gasteiger partial charge is 0.416 e. The van der Waals surface area contributed by atoms with Crippen LogP contribution in [0.2, 0.25) is 0 Å². The quantitative estimate of drug-likeness (QED) is 0.235. The van der Waals surface area contributed by atoms with Gasteiger partial charge in [-0.2, -0.15) is 13.2 Å². The fourth-order valence-corrected chi connectivity index (χ4v) is 4.76. The molecule has 5 nitrogen and oxygen atoms in total. The number of para-hydroxylation sites is 1. The third-order valence-corrected chi connectivity index (χ3v) is 6.50. The van der Waals surface area contributed by atoms with Gasteiger partial charge in [0, 0.05) is 29.1 Å². The van der Waals surface area contributed by atoms with Gasteiger partial charge in [0.2, 0.25) is 5.78 Å². The van der Waals surface area contributed by atoms with Gasteiger partial charge in [-0.25, -0.2) is 4.98 Å². The van der Waals surface area contributed by atoms with E-state index < -0.39 is 30.1 Å². The Morgan fingerprint density at radius 3 is 2.56 bits per heavy atom. The van der Waals surface area contributed by atoms with E-state index in [0.29, 0.717) is 29.1 Å². The van der Waals surface area contributed by atoms with Crippen molar-refractivity contribution in [3.8, 4) is 5.69 Å². The minimum absolute atomic E-state index is 0.0936. The van der Waals surface area contributed by atoms with Crippen LogP contribution in [0.25, 0.3) is 15.9 Å². The van der Waals surface area contributed by atoms with Gasteiger partial charge in [0.15, 0.2) is 6.61 Å². The van der Waals surface area contributed by atoms with Crippen molar-refractivity contribution in [1.29, 1.82) is 0 Å². The number of hydrogen-bond donors (Lipinski definition) is 0. The molecule has 0 atom stereocenters. The summed E-state index contributed by atoms with van der Waals surface area (Å²) >= 11 is 1.51. The molecule has 2 heterocycles. The highest BCUT2D eigenvalue weighted by Gasteiger charge is 2.31. The van der Waals surface area contributed by atoms with Crippen LogP contribution < -0.4 is 0 Å². The molecule has 2 aromatic carbocycles. The van der Waals surface area contributed by atoms with Crippen LogP contribution in [0.15, 0.2) is 54.6 Å². The van der Waals surface area contributed by atoms with E-state index in [-0.39, 0.29) is 6.42 Å². The molecule has 34 heavy (non-hydrogen) atoms. The summed E-state index contributed by atoms with van der Waals surface area (Å²) in [4.78, 5) is 29.3. The highest BCUT2D eigenvalue weighted by molar-refractivity contribution is 7.18. The summed E-state index contributed by atoms with van der Waals surface area (Å²) in [6.07, 6.45) is -3.96. The van der Waals surface area contributed by atoms with Crippen LogP contribution >= 0.6 is 11.3 Å². The Balaban J connectivity index is 1.40. The van der Waals surface area contributed by atoms with Gasteiger partial charge >= 0.3 is 12.1 Å². The number of ether oxygens (including phenoxy) is 1. The van der Waals surface area contributed by atoms with Gasteiger partial charge in [-0.15, -0.1) is 11.3 Å². The molecule has 4 rings (SSSR count). The third kappa shape index (κ3) is 5.04. The fourth-order valence-electron chi connectivity index (χ4n) is 3.80. The predicted molar refractivity (Wildman–Crippen MR) is 123 cm³/mol. The number of carbonyl (C=O) groups excluding carboxylic acids is 2. The molecule has 0 fully saturated rings. The Morgan fingerprint density at radius 1 is 1.06 bits per heavy atom. The Hall–Kier alpha value is -3.46. The summed E-state index contributed by atoms with van der Waals surface area (Å²) < 4.78 is 47.1. The minimum atomic E-state index is -4.47. The molecule has 0 bridgehead atoms. The summed E-state index contributed by atoms with van der Waals surface area (Å²) in [5, 5.41) is 0.814. The Kier molecular flexibility index (Phi) is 6.56. The molecule has 0 radical (unpaired) electrons. The van der Waals surface area contributed by atoms with Gasteiger partial charge in [-0.3, -0.25) is 9.59 Å². The molecule has 0 unspecified atom stereocenters. The molecule has 9 heteroatoms. The van der Waals surface area contributed by atoms with Gasteiger partial charge in [0.25, 0.3) is 0 Å². The molecule has 4 aromatic rings. The average molecular weight is 487 g/mol. The van der Waals surface area contributed by atoms with Gasteiger partial charge in [-0.05, 0) is 50.2 Å². The number of benzene rings is 2. The van der Waals surface area contributed by atoms with Crippen LogP contribution in [0.4, 0.5) is 13.2 Å². The fraction of sp³-hybridized carbons (Fsp3) is 0.240. The zero-order chi connectivity index (χ0) is 24.5. The highest BCUT2D eigenvalue weighted by Crippen LogP contribution is 2.31. The number of aromatic nitrogens is 2. The van der Waals surface area contributed by atoms with Crippen molar-refractivity contribution in [2.75, 3.05) is 6.61 Å². The zero-order valence-electron chi connectivity index (χ0n) is 18.5. The summed E-state index contributed by atoms with van der Waals surface area (Å²) in [7, 11) is 0. The zero-order valence-corrected chi connectivity index (χ0v) is 19.3. The number of carbonyl (C=O) groups is 2. The summed E-state index contributed by atoms with van der Waals surface area (Å²) in [6, 6.07) is 14.2. The van der Waals surface area contributed by atoms with E-state index in [1.807, 2.05) is 24.3 Å². The molecule has 0 aliphatic heterocycles. The van der Waals surface area contributed by atoms with Crippen LogP contribution in [0, 0.1) is 13.8 Å². The first-order valence-corrected chi connectivity index (χ1v) is 11.3. The second-order valence-electron chi connectivity index (χ2n) is 7.83. The van der Waals surface area contributed by atoms with Gasteiger partial charge in [-0.1, -0.05) is 18.2 Å². The number of aryl methyl sites for hydroxylation is 2. The first kappa shape index (κ1) is 23.7. The number of alkyl halides is 3. The Morgan fingerprint density at radius 2 is 1.82 bits per heavy atom. The van der Waals surface area contributed by atoms with Crippen molar-refractivity contribution >= 4 is 33.3 Å². The van der Waals surface area contributed by atoms with Crippen molar-refractivity contribution in [2.24, 2.45) is 0 Å². The van der Waals surface area contributed by atoms with Crippen molar-refractivity contribution in [3.63, 3.8) is 0 Å². The second kappa shape index (κ2) is 9.42. The molecular formula is C25H21F3N2O3S. The number of esters is 1. The molecular weight excluding hydrogens is 465 g/mol. The van der Waals surface area contributed by atoms with Crippen LogP contribution in [-0.4, -0.2) is 27.9 Å². The van der Waals surface area contributed by atoms with Gasteiger partial charge < -0.3 is 9.30 Å². The molecule has 0 aliphatic rings. The lowest BCUT2D eigenvalue weighted by Crippen LogP contribution is -2.15. The predicted octanol–water partition coefficient (Wildman–Crippen LogP) is 6.08. The van der Waals surface area contributed by atoms with E-state index in [4.69, 9.17) is 4.74 Å². The number of hydrogen-bond acceptors (Lipinski definition) is 5. The Labute approximate surface area is 197 Å². The maximum atomic E-state index is 13.1. The SMILES string of the molecule is Cc1cc(C(=O)COC(=O)CCc2nc3ccccc3s2)c(C)n1-c1cccc(C(F)(F)F)c1. The second-order valence-corrected chi connectivity index (χ2v) is 8.94. The molecule has 0 spiro atoms. The number of nitrogens with zero attached hydrogens (tertiary/aromatic N) is 2. The van der Waals surface area contributed by atoms with E-state index in [0.717, 1.165) is 27.4 Å². The number of ketones is 1. The normalized spacial score (nSPS) is 11.7. The standard InChI is InChI=1S/C25H21F3N2O3S/c1-15-12-19(16(2)30(15)18-7-5-6-17(13-18)25(26,27)28)21(31)14-33-24(32)11-10-23-29-20-8-3-4-9-22(20)34-23/h3-9,12-13H,10-11,14H2,1-2H3. The van der Waals surface area contributed by atoms with Crippen LogP contribution in [0.3, 0.4) is 0 Å². The number of halogens is 3. The summed E-state index contributed by atoms with van der Waals surface area (Å²) in [5.41, 5.74) is 1.79. The lowest BCUT2D eigenvalue weighted by molar-refractivity contribution is -0.142. The van der Waals surface area contributed by atoms with Crippen molar-refractivity contribution in [1.82, 2.24) is 9.55 Å². The van der Waals surface area contributed by atoms with E-state index in [2.05, 4.69) is 4.98 Å². The van der Waals surface area contributed by atoms with E-state index in [1.54, 1.807) is 30.5 Å². The maximum Gasteiger partial charge on any atom is 0.416 e. The van der Waals surface area contributed by atoms with Crippen LogP contribution in [-0.2, 0) is 22.1 Å². The Bertz CT molecular complexity index is 1340. The first-order chi connectivity index (χ1) is 16.1. The highest BCUT2D eigenvalue weighted by atomic mass is 32.1. The van der Waals surface area contributed by atoms with Crippen molar-refractivity contribution < 1.29 is 27.5 Å². The first-order valence-electron chi connectivity index (χ1n) is 10.5. The maximum absolute atomic E-state index is 13.1. The van der Waals surface area contributed by atoms with Crippen LogP contribution in [0.5, 0.6) is 0 Å². The molecule has 2 aromatic heterocycles. The topological polar surface area (TPSA) is 61.2 Å². The number of thiazole rings is 1. The molecule has 0 N–H and O–H groups in total. The molecule has 0 aliphatic carbocycles.